The van der Waals surface area contributed by atoms with E-state index in [0.717, 1.165) is 18.7 Å². The monoisotopic (exact) mass is 339 g/mol. The Bertz CT molecular complexity index is 476. The number of aryl methyl sites for hydroxylation is 2. The van der Waals surface area contributed by atoms with Gasteiger partial charge in [0, 0.05) is 19.5 Å². The highest BCUT2D eigenvalue weighted by molar-refractivity contribution is 9.10. The highest BCUT2D eigenvalue weighted by atomic mass is 79.9. The predicted molar refractivity (Wildman–Crippen MR) is 88.0 cm³/mol. The average Bonchev–Trinajstić information content (AvgIpc) is 2.67. The van der Waals surface area contributed by atoms with E-state index in [4.69, 9.17) is 0 Å². The second-order valence-electron chi connectivity index (χ2n) is 5.74. The van der Waals surface area contributed by atoms with Crippen LogP contribution in [0.25, 0.3) is 0 Å². The number of allylic oxidation sites excluding steroid dienone is 1. The first-order valence-corrected chi connectivity index (χ1v) is 8.50. The normalized spacial score (nSPS) is 17.1. The molecule has 20 heavy (non-hydrogen) atoms. The van der Waals surface area contributed by atoms with Gasteiger partial charge in [-0.2, -0.15) is 5.10 Å². The third kappa shape index (κ3) is 3.95. The van der Waals surface area contributed by atoms with Crippen LogP contribution >= 0.6 is 15.9 Å². The third-order valence-electron chi connectivity index (χ3n) is 4.09. The molecule has 112 valence electrons. The Morgan fingerprint density at radius 1 is 1.40 bits per heavy atom. The van der Waals surface area contributed by atoms with E-state index < -0.39 is 0 Å². The summed E-state index contributed by atoms with van der Waals surface area (Å²) in [5.41, 5.74) is 4.01. The first-order chi connectivity index (χ1) is 9.61. The summed E-state index contributed by atoms with van der Waals surface area (Å²) in [6, 6.07) is 0.510. The Kier molecular flexibility index (Phi) is 5.85. The summed E-state index contributed by atoms with van der Waals surface area (Å²) in [5.74, 6) is 0. The molecule has 1 aliphatic rings. The van der Waals surface area contributed by atoms with E-state index in [-0.39, 0.29) is 0 Å². The van der Waals surface area contributed by atoms with Gasteiger partial charge in [-0.25, -0.2) is 0 Å². The molecule has 1 heterocycles. The largest absolute Gasteiger partial charge is 0.314 e. The smallest absolute Gasteiger partial charge is 0.0738 e. The molecular weight excluding hydrogens is 314 g/mol. The van der Waals surface area contributed by atoms with E-state index in [0.29, 0.717) is 6.04 Å². The number of rotatable bonds is 6. The molecule has 0 spiro atoms. The maximum absolute atomic E-state index is 4.50. The highest BCUT2D eigenvalue weighted by Crippen LogP contribution is 2.25. The molecule has 1 aromatic rings. The first kappa shape index (κ1) is 15.8. The molecule has 1 aromatic heterocycles. The third-order valence-corrected chi connectivity index (χ3v) is 5.12. The number of hydrogen-bond acceptors (Lipinski definition) is 2. The summed E-state index contributed by atoms with van der Waals surface area (Å²) >= 11 is 3.68. The van der Waals surface area contributed by atoms with Crippen molar-refractivity contribution >= 4 is 15.9 Å². The highest BCUT2D eigenvalue weighted by Gasteiger charge is 2.18. The molecule has 2 rings (SSSR count). The molecule has 0 radical (unpaired) electrons. The summed E-state index contributed by atoms with van der Waals surface area (Å²) in [4.78, 5) is 0. The van der Waals surface area contributed by atoms with Gasteiger partial charge in [-0.05, 0) is 61.5 Å². The van der Waals surface area contributed by atoms with E-state index >= 15 is 0 Å². The minimum Gasteiger partial charge on any atom is -0.314 e. The Labute approximate surface area is 131 Å². The molecule has 0 bridgehead atoms. The van der Waals surface area contributed by atoms with Crippen LogP contribution in [0.5, 0.6) is 0 Å². The lowest BCUT2D eigenvalue weighted by Gasteiger charge is -2.22. The molecule has 0 saturated heterocycles. The fourth-order valence-corrected chi connectivity index (χ4v) is 3.54. The van der Waals surface area contributed by atoms with E-state index in [1.54, 1.807) is 5.57 Å². The molecule has 4 heteroatoms. The van der Waals surface area contributed by atoms with Crippen molar-refractivity contribution in [2.75, 3.05) is 6.54 Å². The summed E-state index contributed by atoms with van der Waals surface area (Å²) in [7, 11) is 2.04. The minimum absolute atomic E-state index is 0.510. The number of aromatic nitrogens is 2. The van der Waals surface area contributed by atoms with Gasteiger partial charge in [0.1, 0.15) is 0 Å². The van der Waals surface area contributed by atoms with Crippen molar-refractivity contribution in [1.82, 2.24) is 15.1 Å². The second kappa shape index (κ2) is 7.41. The molecule has 0 saturated carbocycles. The van der Waals surface area contributed by atoms with Crippen LogP contribution in [-0.4, -0.2) is 22.4 Å². The zero-order chi connectivity index (χ0) is 14.5. The molecule has 1 unspecified atom stereocenters. The van der Waals surface area contributed by atoms with Gasteiger partial charge in [0.15, 0.2) is 0 Å². The number of nitrogens with zero attached hydrogens (tertiary/aromatic N) is 2. The summed E-state index contributed by atoms with van der Waals surface area (Å²) < 4.78 is 3.18. The van der Waals surface area contributed by atoms with Gasteiger partial charge >= 0.3 is 0 Å². The van der Waals surface area contributed by atoms with E-state index in [1.807, 2.05) is 11.7 Å². The van der Waals surface area contributed by atoms with Crippen LogP contribution < -0.4 is 5.32 Å². The van der Waals surface area contributed by atoms with Crippen molar-refractivity contribution in [1.29, 1.82) is 0 Å². The van der Waals surface area contributed by atoms with Crippen molar-refractivity contribution in [3.63, 3.8) is 0 Å². The maximum atomic E-state index is 4.50. The van der Waals surface area contributed by atoms with Crippen molar-refractivity contribution in [2.45, 2.75) is 58.4 Å². The van der Waals surface area contributed by atoms with Crippen LogP contribution in [0.2, 0.25) is 0 Å². The number of likely N-dealkylation sites (N-methyl/N-ethyl adjacent to an activating group) is 1. The van der Waals surface area contributed by atoms with Gasteiger partial charge in [-0.1, -0.05) is 18.6 Å². The van der Waals surface area contributed by atoms with Crippen LogP contribution in [0.1, 0.15) is 50.4 Å². The lowest BCUT2D eigenvalue weighted by molar-refractivity contribution is 0.489. The molecule has 1 aliphatic carbocycles. The molecular formula is C16H26BrN3. The van der Waals surface area contributed by atoms with E-state index in [1.165, 1.54) is 42.3 Å². The van der Waals surface area contributed by atoms with Crippen LogP contribution in [0.4, 0.5) is 0 Å². The van der Waals surface area contributed by atoms with Gasteiger partial charge in [0.05, 0.1) is 15.9 Å². The Balaban J connectivity index is 2.06. The fraction of sp³-hybridized carbons (Fsp3) is 0.688. The molecule has 1 atom stereocenters. The zero-order valence-electron chi connectivity index (χ0n) is 12.9. The molecule has 0 aromatic carbocycles. The first-order valence-electron chi connectivity index (χ1n) is 7.71. The van der Waals surface area contributed by atoms with Crippen LogP contribution in [0.3, 0.4) is 0 Å². The van der Waals surface area contributed by atoms with Crippen LogP contribution in [0, 0.1) is 6.92 Å². The second-order valence-corrected chi connectivity index (χ2v) is 6.53. The number of nitrogens with one attached hydrogen (secondary N) is 1. The Hall–Kier alpha value is -0.610. The quantitative estimate of drug-likeness (QED) is 0.796. The van der Waals surface area contributed by atoms with Gasteiger partial charge in [0.25, 0.3) is 0 Å². The zero-order valence-corrected chi connectivity index (χ0v) is 14.5. The summed E-state index contributed by atoms with van der Waals surface area (Å²) in [6.45, 7) is 5.26. The predicted octanol–water partition coefficient (Wildman–Crippen LogP) is 3.90. The maximum Gasteiger partial charge on any atom is 0.0738 e. The van der Waals surface area contributed by atoms with Crippen molar-refractivity contribution in [2.24, 2.45) is 7.05 Å². The molecule has 0 amide bonds. The van der Waals surface area contributed by atoms with Gasteiger partial charge < -0.3 is 5.32 Å². The van der Waals surface area contributed by atoms with Crippen LogP contribution in [0.15, 0.2) is 16.1 Å². The van der Waals surface area contributed by atoms with E-state index in [2.05, 4.69) is 46.3 Å². The molecule has 0 aliphatic heterocycles. The van der Waals surface area contributed by atoms with Gasteiger partial charge in [-0.3, -0.25) is 4.68 Å². The van der Waals surface area contributed by atoms with Crippen LogP contribution in [-0.2, 0) is 13.5 Å². The standard InChI is InChI=1S/C16H26BrN3/c1-4-18-14(10-13-8-6-5-7-9-13)11-15-16(17)12(2)19-20(15)3/h8,14,18H,4-7,9-11H2,1-3H3. The summed E-state index contributed by atoms with van der Waals surface area (Å²) in [6.07, 6.45) is 9.93. The van der Waals surface area contributed by atoms with Crippen molar-refractivity contribution in [3.05, 3.63) is 27.5 Å². The molecule has 3 nitrogen and oxygen atoms in total. The van der Waals surface area contributed by atoms with E-state index in [9.17, 15) is 0 Å². The lowest BCUT2D eigenvalue weighted by atomic mass is 9.92. The van der Waals surface area contributed by atoms with Crippen molar-refractivity contribution in [3.8, 4) is 0 Å². The Morgan fingerprint density at radius 2 is 2.20 bits per heavy atom. The molecule has 0 fully saturated rings. The molecule has 1 N–H and O–H groups in total. The average molecular weight is 340 g/mol. The number of halogens is 1. The topological polar surface area (TPSA) is 29.9 Å². The Morgan fingerprint density at radius 3 is 2.75 bits per heavy atom. The van der Waals surface area contributed by atoms with Gasteiger partial charge in [0.2, 0.25) is 0 Å². The fourth-order valence-electron chi connectivity index (χ4n) is 3.05. The van der Waals surface area contributed by atoms with Crippen molar-refractivity contribution < 1.29 is 0 Å². The number of hydrogen-bond donors (Lipinski definition) is 1. The SMILES string of the molecule is CCNC(CC1=CCCCC1)Cc1c(Br)c(C)nn1C. The summed E-state index contributed by atoms with van der Waals surface area (Å²) in [5, 5.41) is 8.14. The lowest BCUT2D eigenvalue weighted by Crippen LogP contribution is -2.32. The van der Waals surface area contributed by atoms with Gasteiger partial charge in [-0.15, -0.1) is 0 Å². The minimum atomic E-state index is 0.510.